The van der Waals surface area contributed by atoms with E-state index in [9.17, 15) is 14.4 Å². The summed E-state index contributed by atoms with van der Waals surface area (Å²) in [4.78, 5) is 42.3. The number of carbonyl (C=O) groups is 3. The number of benzene rings is 2. The maximum absolute atomic E-state index is 14.1. The standard InChI is InChI=1S/C31H46N4O3.C4H4O4/c1-37-29-16-14-28(15-17-29)35(26-11-27-38-30-12-3-2-4-13-30)31(36)34(24-9-22-32-18-5-6-19-32)25-10-23-33-20-7-8-21-33;5-3(6)1-2-4(7)8/h2-4,12-17H,5-11,18-27H2,1H3;1-2H,(H,5,6)(H,7,8). The maximum Gasteiger partial charge on any atom is 0.328 e. The lowest BCUT2D eigenvalue weighted by atomic mass is 10.2. The van der Waals surface area contributed by atoms with Crippen LogP contribution in [0.4, 0.5) is 10.5 Å². The van der Waals surface area contributed by atoms with Crippen LogP contribution in [0.2, 0.25) is 0 Å². The van der Waals surface area contributed by atoms with Crippen LogP contribution >= 0.6 is 0 Å². The molecule has 0 unspecified atom stereocenters. The topological polar surface area (TPSA) is 123 Å². The zero-order valence-electron chi connectivity index (χ0n) is 27.1. The van der Waals surface area contributed by atoms with Crippen molar-refractivity contribution in [3.8, 4) is 11.5 Å². The van der Waals surface area contributed by atoms with Crippen molar-refractivity contribution in [3.05, 3.63) is 66.7 Å². The fraction of sp³-hybridized carbons (Fsp3) is 0.514. The minimum atomic E-state index is -1.26. The molecule has 2 heterocycles. The van der Waals surface area contributed by atoms with E-state index in [0.717, 1.165) is 62.6 Å². The summed E-state index contributed by atoms with van der Waals surface area (Å²) in [5.41, 5.74) is 0.902. The lowest BCUT2D eigenvalue weighted by Crippen LogP contribution is -2.46. The van der Waals surface area contributed by atoms with Gasteiger partial charge in [0, 0.05) is 37.5 Å². The Labute approximate surface area is 273 Å². The molecule has 11 heteroatoms. The lowest BCUT2D eigenvalue weighted by Gasteiger charge is -2.32. The highest BCUT2D eigenvalue weighted by atomic mass is 16.5. The molecule has 2 amide bonds. The van der Waals surface area contributed by atoms with E-state index in [2.05, 4.69) is 14.7 Å². The second-order valence-electron chi connectivity index (χ2n) is 11.4. The average molecular weight is 639 g/mol. The fourth-order valence-corrected chi connectivity index (χ4v) is 5.63. The first-order valence-electron chi connectivity index (χ1n) is 16.3. The van der Waals surface area contributed by atoms with E-state index < -0.39 is 11.9 Å². The SMILES string of the molecule is COc1ccc(N(CCCOc2ccccc2)C(=O)N(CCCN2CCCC2)CCCN2CCCC2)cc1.O=C(O)C=CC(=O)O. The van der Waals surface area contributed by atoms with Gasteiger partial charge in [-0.25, -0.2) is 14.4 Å². The second kappa shape index (κ2) is 20.8. The van der Waals surface area contributed by atoms with Crippen LogP contribution in [-0.4, -0.2) is 116 Å². The van der Waals surface area contributed by atoms with Crippen molar-refractivity contribution in [3.63, 3.8) is 0 Å². The molecule has 0 radical (unpaired) electrons. The first-order valence-corrected chi connectivity index (χ1v) is 16.3. The third kappa shape index (κ3) is 13.9. The van der Waals surface area contributed by atoms with Gasteiger partial charge in [-0.15, -0.1) is 0 Å². The molecule has 2 aliphatic rings. The number of hydrogen-bond acceptors (Lipinski definition) is 7. The van der Waals surface area contributed by atoms with Crippen LogP contribution in [0.5, 0.6) is 11.5 Å². The Hall–Kier alpha value is -4.09. The number of carbonyl (C=O) groups excluding carboxylic acids is 1. The van der Waals surface area contributed by atoms with Crippen LogP contribution in [0.3, 0.4) is 0 Å². The summed E-state index contributed by atoms with van der Waals surface area (Å²) in [6.07, 6.45) is 9.10. The number of carboxylic acid groups (broad SMARTS) is 2. The molecule has 0 saturated carbocycles. The molecule has 0 bridgehead atoms. The van der Waals surface area contributed by atoms with E-state index in [1.54, 1.807) is 7.11 Å². The number of amides is 2. The van der Waals surface area contributed by atoms with Crippen molar-refractivity contribution < 1.29 is 34.1 Å². The van der Waals surface area contributed by atoms with Gasteiger partial charge in [0.05, 0.1) is 13.7 Å². The number of likely N-dealkylation sites (tertiary alicyclic amines) is 2. The first kappa shape index (κ1) is 36.4. The Balaban J connectivity index is 0.000000637. The normalized spacial score (nSPS) is 14.9. The summed E-state index contributed by atoms with van der Waals surface area (Å²) in [6.45, 7) is 9.69. The van der Waals surface area contributed by atoms with E-state index in [0.29, 0.717) is 25.3 Å². The van der Waals surface area contributed by atoms with Crippen molar-refractivity contribution in [1.29, 1.82) is 0 Å². The summed E-state index contributed by atoms with van der Waals surface area (Å²) in [7, 11) is 1.67. The molecule has 0 aromatic heterocycles. The average Bonchev–Trinajstić information content (AvgIpc) is 3.79. The summed E-state index contributed by atoms with van der Waals surface area (Å²) in [5, 5.41) is 15.6. The van der Waals surface area contributed by atoms with E-state index >= 15 is 0 Å². The molecule has 0 aliphatic carbocycles. The zero-order valence-corrected chi connectivity index (χ0v) is 27.1. The number of para-hydroxylation sites is 1. The van der Waals surface area contributed by atoms with Crippen LogP contribution in [0.15, 0.2) is 66.7 Å². The van der Waals surface area contributed by atoms with Crippen molar-refractivity contribution in [2.75, 3.05) is 77.5 Å². The third-order valence-electron chi connectivity index (χ3n) is 7.99. The highest BCUT2D eigenvalue weighted by Crippen LogP contribution is 2.22. The van der Waals surface area contributed by atoms with Gasteiger partial charge in [-0.1, -0.05) is 18.2 Å². The number of hydrogen-bond donors (Lipinski definition) is 2. The Bertz CT molecular complexity index is 1160. The molecule has 2 N–H and O–H groups in total. The highest BCUT2D eigenvalue weighted by molar-refractivity contribution is 5.92. The molecular formula is C35H50N4O7. The van der Waals surface area contributed by atoms with Crippen LogP contribution in [-0.2, 0) is 9.59 Å². The molecule has 2 aliphatic heterocycles. The van der Waals surface area contributed by atoms with Gasteiger partial charge in [0.15, 0.2) is 0 Å². The van der Waals surface area contributed by atoms with Gasteiger partial charge in [0.25, 0.3) is 0 Å². The summed E-state index contributed by atoms with van der Waals surface area (Å²) >= 11 is 0. The van der Waals surface area contributed by atoms with E-state index in [4.69, 9.17) is 19.7 Å². The number of carboxylic acids is 2. The van der Waals surface area contributed by atoms with Crippen LogP contribution < -0.4 is 14.4 Å². The van der Waals surface area contributed by atoms with Gasteiger partial charge in [-0.2, -0.15) is 0 Å². The van der Waals surface area contributed by atoms with Gasteiger partial charge < -0.3 is 34.4 Å². The highest BCUT2D eigenvalue weighted by Gasteiger charge is 2.23. The maximum atomic E-state index is 14.1. The number of methoxy groups -OCH3 is 1. The zero-order chi connectivity index (χ0) is 33.0. The van der Waals surface area contributed by atoms with E-state index in [1.807, 2.05) is 59.5 Å². The van der Waals surface area contributed by atoms with Crippen molar-refractivity contribution in [2.45, 2.75) is 44.9 Å². The van der Waals surface area contributed by atoms with Crippen LogP contribution in [0.1, 0.15) is 44.9 Å². The number of ether oxygens (including phenoxy) is 2. The van der Waals surface area contributed by atoms with Gasteiger partial charge in [-0.05, 0) is 121 Å². The molecule has 11 nitrogen and oxygen atoms in total. The fourth-order valence-electron chi connectivity index (χ4n) is 5.63. The van der Waals surface area contributed by atoms with Crippen molar-refractivity contribution >= 4 is 23.7 Å². The molecule has 46 heavy (non-hydrogen) atoms. The van der Waals surface area contributed by atoms with Gasteiger partial charge in [-0.3, -0.25) is 4.90 Å². The quantitative estimate of drug-likeness (QED) is 0.181. The minimum absolute atomic E-state index is 0.0951. The van der Waals surface area contributed by atoms with Gasteiger partial charge >= 0.3 is 18.0 Å². The minimum Gasteiger partial charge on any atom is -0.497 e. The molecule has 2 fully saturated rings. The predicted octanol–water partition coefficient (Wildman–Crippen LogP) is 5.08. The smallest absolute Gasteiger partial charge is 0.328 e. The Morgan fingerprint density at radius 2 is 1.24 bits per heavy atom. The molecule has 0 spiro atoms. The number of nitrogens with zero attached hydrogens (tertiary/aromatic N) is 4. The largest absolute Gasteiger partial charge is 0.497 e. The third-order valence-corrected chi connectivity index (χ3v) is 7.99. The predicted molar refractivity (Wildman–Crippen MR) is 179 cm³/mol. The molecular weight excluding hydrogens is 588 g/mol. The molecule has 0 atom stereocenters. The van der Waals surface area contributed by atoms with Crippen LogP contribution in [0, 0.1) is 0 Å². The van der Waals surface area contributed by atoms with E-state index in [-0.39, 0.29) is 6.03 Å². The second-order valence-corrected chi connectivity index (χ2v) is 11.4. The lowest BCUT2D eigenvalue weighted by molar-refractivity contribution is -0.134. The molecule has 2 saturated heterocycles. The molecule has 2 aromatic carbocycles. The first-order chi connectivity index (χ1) is 22.4. The monoisotopic (exact) mass is 638 g/mol. The van der Waals surface area contributed by atoms with Crippen LogP contribution in [0.25, 0.3) is 0 Å². The van der Waals surface area contributed by atoms with Gasteiger partial charge in [0.2, 0.25) is 0 Å². The van der Waals surface area contributed by atoms with Crippen molar-refractivity contribution in [2.24, 2.45) is 0 Å². The molecule has 252 valence electrons. The number of rotatable bonds is 17. The van der Waals surface area contributed by atoms with Crippen molar-refractivity contribution in [1.82, 2.24) is 14.7 Å². The summed E-state index contributed by atoms with van der Waals surface area (Å²) in [6, 6.07) is 17.8. The molecule has 4 rings (SSSR count). The number of anilines is 1. The number of aliphatic carboxylic acids is 2. The Kier molecular flexibility index (Phi) is 16.5. The Morgan fingerprint density at radius 3 is 1.72 bits per heavy atom. The van der Waals surface area contributed by atoms with E-state index in [1.165, 1.54) is 51.9 Å². The Morgan fingerprint density at radius 1 is 0.717 bits per heavy atom. The summed E-state index contributed by atoms with van der Waals surface area (Å²) in [5.74, 6) is -0.860. The number of urea groups is 1. The molecule has 2 aromatic rings. The summed E-state index contributed by atoms with van der Waals surface area (Å²) < 4.78 is 11.3. The van der Waals surface area contributed by atoms with Gasteiger partial charge in [0.1, 0.15) is 11.5 Å².